The molecule has 268 valence electrons. The predicted octanol–water partition coefficient (Wildman–Crippen LogP) is 12.6. The van der Waals surface area contributed by atoms with Crippen molar-refractivity contribution in [3.05, 3.63) is 210 Å². The fourth-order valence-electron chi connectivity index (χ4n) is 8.84. The molecule has 10 rings (SSSR count). The average Bonchev–Trinajstić information content (AvgIpc) is 3.91. The van der Waals surface area contributed by atoms with E-state index in [0.717, 1.165) is 30.5 Å². The lowest BCUT2D eigenvalue weighted by molar-refractivity contribution is 0.883. The first-order chi connectivity index (χ1) is 27.8. The average molecular weight is 721 g/mol. The molecule has 4 nitrogen and oxygen atoms in total. The standard InChI is InChI=1S/C52H40N4/c1-53-32-15-4-2-3-6-17-37-18-9-12-24-47(37)54-35-36-28-29-40-38(33-36)34-46-41(40)23-16-27-50(46)56-49-26-14-11-22-43(49)45-31-30-44-42-21-10-13-25-48(42)55(51(44)52(45)56)39-19-7-5-8-20-39/h2-13,15-25,27-33H,1,14,26,34-35H2/b4-2-,6-3+,32-15-,37-17+,54-47-. The summed E-state index contributed by atoms with van der Waals surface area (Å²) >= 11 is 0. The largest absolute Gasteiger partial charge is 0.311 e. The van der Waals surface area contributed by atoms with Gasteiger partial charge >= 0.3 is 0 Å². The van der Waals surface area contributed by atoms with Gasteiger partial charge < -0.3 is 9.13 Å². The lowest BCUT2D eigenvalue weighted by Crippen LogP contribution is -2.06. The van der Waals surface area contributed by atoms with Gasteiger partial charge in [0, 0.05) is 45.7 Å². The molecule has 0 radical (unpaired) electrons. The number of para-hydroxylation sites is 2. The van der Waals surface area contributed by atoms with E-state index in [9.17, 15) is 0 Å². The first kappa shape index (κ1) is 33.5. The number of aromatic nitrogens is 2. The number of rotatable bonds is 8. The SMILES string of the molecule is C=N\C=C/C=C\C=C\C=C1/C=CC=C/C1=N/Cc1ccc2c(c1)Cc1c-2cccc1-n1c2c(c3ccc4c5ccccc5n(-c5ccccc5)c4c31)C=CCC2. The van der Waals surface area contributed by atoms with Crippen molar-refractivity contribution >= 4 is 51.2 Å². The Morgan fingerprint density at radius 3 is 2.43 bits per heavy atom. The van der Waals surface area contributed by atoms with Crippen LogP contribution in [0.5, 0.6) is 0 Å². The molecule has 4 heteroatoms. The maximum absolute atomic E-state index is 5.08. The van der Waals surface area contributed by atoms with Crippen LogP contribution in [-0.2, 0) is 19.4 Å². The molecular formula is C52H40N4. The summed E-state index contributed by atoms with van der Waals surface area (Å²) in [5.41, 5.74) is 17.7. The molecule has 7 aromatic rings. The molecule has 0 saturated heterocycles. The minimum Gasteiger partial charge on any atom is -0.311 e. The fraction of sp³-hybridized carbons (Fsp3) is 0.0769. The van der Waals surface area contributed by atoms with Gasteiger partial charge in [-0.2, -0.15) is 0 Å². The van der Waals surface area contributed by atoms with Gasteiger partial charge in [0.2, 0.25) is 0 Å². The molecule has 2 heterocycles. The zero-order valence-electron chi connectivity index (χ0n) is 31.1. The van der Waals surface area contributed by atoms with Crippen molar-refractivity contribution in [2.24, 2.45) is 9.98 Å². The molecule has 2 aromatic heterocycles. The lowest BCUT2D eigenvalue weighted by Gasteiger charge is -2.18. The summed E-state index contributed by atoms with van der Waals surface area (Å²) < 4.78 is 5.11. The summed E-state index contributed by atoms with van der Waals surface area (Å²) in [4.78, 5) is 8.81. The van der Waals surface area contributed by atoms with Gasteiger partial charge in [0.1, 0.15) is 0 Å². The summed E-state index contributed by atoms with van der Waals surface area (Å²) in [6, 6.07) is 38.3. The van der Waals surface area contributed by atoms with Crippen LogP contribution in [-0.4, -0.2) is 21.6 Å². The number of hydrogen-bond donors (Lipinski definition) is 0. The second-order valence-electron chi connectivity index (χ2n) is 14.5. The highest BCUT2D eigenvalue weighted by Crippen LogP contribution is 2.46. The number of nitrogens with zero attached hydrogens (tertiary/aromatic N) is 4. The topological polar surface area (TPSA) is 34.6 Å². The molecule has 0 atom stereocenters. The van der Waals surface area contributed by atoms with Crippen molar-refractivity contribution in [2.75, 3.05) is 0 Å². The quantitative estimate of drug-likeness (QED) is 0.111. The minimum absolute atomic E-state index is 0.619. The van der Waals surface area contributed by atoms with Crippen LogP contribution in [0.4, 0.5) is 0 Å². The van der Waals surface area contributed by atoms with E-state index >= 15 is 0 Å². The fourth-order valence-corrected chi connectivity index (χ4v) is 8.84. The Bertz CT molecular complexity index is 2970. The number of hydrogen-bond acceptors (Lipinski definition) is 2. The third kappa shape index (κ3) is 5.70. The monoisotopic (exact) mass is 720 g/mol. The Hall–Kier alpha value is -7.04. The van der Waals surface area contributed by atoms with Crippen LogP contribution in [0.15, 0.2) is 192 Å². The van der Waals surface area contributed by atoms with Crippen LogP contribution in [0.3, 0.4) is 0 Å². The Morgan fingerprint density at radius 2 is 1.50 bits per heavy atom. The second-order valence-corrected chi connectivity index (χ2v) is 14.5. The molecule has 0 N–H and O–H groups in total. The van der Waals surface area contributed by atoms with E-state index in [1.807, 2.05) is 30.4 Å². The Morgan fingerprint density at radius 1 is 0.679 bits per heavy atom. The molecule has 56 heavy (non-hydrogen) atoms. The van der Waals surface area contributed by atoms with Crippen LogP contribution < -0.4 is 0 Å². The van der Waals surface area contributed by atoms with Crippen molar-refractivity contribution < 1.29 is 0 Å². The smallest absolute Gasteiger partial charge is 0.0788 e. The highest BCUT2D eigenvalue weighted by molar-refractivity contribution is 6.19. The summed E-state index contributed by atoms with van der Waals surface area (Å²) in [7, 11) is 0. The van der Waals surface area contributed by atoms with E-state index in [4.69, 9.17) is 4.99 Å². The van der Waals surface area contributed by atoms with Crippen molar-refractivity contribution in [2.45, 2.75) is 25.8 Å². The summed E-state index contributed by atoms with van der Waals surface area (Å²) in [5.74, 6) is 0. The first-order valence-electron chi connectivity index (χ1n) is 19.4. The molecule has 0 fully saturated rings. The number of allylic oxidation sites excluding steroid dienone is 12. The van der Waals surface area contributed by atoms with Crippen LogP contribution in [0, 0.1) is 0 Å². The van der Waals surface area contributed by atoms with E-state index in [1.54, 1.807) is 6.20 Å². The van der Waals surface area contributed by atoms with E-state index < -0.39 is 0 Å². The van der Waals surface area contributed by atoms with Crippen molar-refractivity contribution in [1.82, 2.24) is 9.13 Å². The van der Waals surface area contributed by atoms with E-state index in [2.05, 4.69) is 167 Å². The molecule has 5 aromatic carbocycles. The van der Waals surface area contributed by atoms with Gasteiger partial charge in [0.25, 0.3) is 0 Å². The van der Waals surface area contributed by atoms with Gasteiger partial charge in [-0.3, -0.25) is 9.98 Å². The lowest BCUT2D eigenvalue weighted by atomic mass is 10.0. The number of fused-ring (bicyclic) bond motifs is 10. The molecule has 0 amide bonds. The summed E-state index contributed by atoms with van der Waals surface area (Å²) in [5, 5.41) is 3.86. The Balaban J connectivity index is 1.06. The Kier molecular flexibility index (Phi) is 8.57. The first-order valence-corrected chi connectivity index (χ1v) is 19.4. The molecule has 0 unspecified atom stereocenters. The molecular weight excluding hydrogens is 681 g/mol. The molecule has 0 spiro atoms. The van der Waals surface area contributed by atoms with Crippen LogP contribution in [0.2, 0.25) is 0 Å². The minimum atomic E-state index is 0.619. The third-order valence-corrected chi connectivity index (χ3v) is 11.3. The van der Waals surface area contributed by atoms with Crippen molar-refractivity contribution in [3.8, 4) is 22.5 Å². The van der Waals surface area contributed by atoms with Crippen molar-refractivity contribution in [1.29, 1.82) is 0 Å². The number of benzene rings is 5. The Labute approximate surface area is 327 Å². The van der Waals surface area contributed by atoms with Gasteiger partial charge in [-0.05, 0) is 89.4 Å². The van der Waals surface area contributed by atoms with E-state index in [1.165, 1.54) is 83.2 Å². The highest BCUT2D eigenvalue weighted by atomic mass is 15.1. The second kappa shape index (κ2) is 14.3. The van der Waals surface area contributed by atoms with Gasteiger partial charge in [-0.25, -0.2) is 0 Å². The van der Waals surface area contributed by atoms with Crippen LogP contribution >= 0.6 is 0 Å². The van der Waals surface area contributed by atoms with E-state index in [-0.39, 0.29) is 0 Å². The molecule has 0 aliphatic heterocycles. The zero-order chi connectivity index (χ0) is 37.4. The molecule has 3 aliphatic carbocycles. The van der Waals surface area contributed by atoms with Crippen LogP contribution in [0.1, 0.15) is 34.4 Å². The van der Waals surface area contributed by atoms with Gasteiger partial charge in [-0.1, -0.05) is 140 Å². The number of aliphatic imine (C=N–C) groups is 2. The molecule has 0 bridgehead atoms. The van der Waals surface area contributed by atoms with Gasteiger partial charge in [0.15, 0.2) is 0 Å². The maximum Gasteiger partial charge on any atom is 0.0788 e. The summed E-state index contributed by atoms with van der Waals surface area (Å²) in [6.07, 6.45) is 29.5. The predicted molar refractivity (Wildman–Crippen MR) is 238 cm³/mol. The normalized spacial score (nSPS) is 16.1. The summed E-state index contributed by atoms with van der Waals surface area (Å²) in [6.45, 7) is 4.08. The molecule has 3 aliphatic rings. The van der Waals surface area contributed by atoms with Gasteiger partial charge in [0.05, 0.1) is 34.5 Å². The zero-order valence-corrected chi connectivity index (χ0v) is 31.1. The van der Waals surface area contributed by atoms with E-state index in [0.29, 0.717) is 6.54 Å². The maximum atomic E-state index is 5.08. The third-order valence-electron chi connectivity index (χ3n) is 11.3. The van der Waals surface area contributed by atoms with Crippen LogP contribution in [0.25, 0.3) is 61.3 Å². The molecule has 0 saturated carbocycles. The highest BCUT2D eigenvalue weighted by Gasteiger charge is 2.28. The van der Waals surface area contributed by atoms with Crippen molar-refractivity contribution in [3.63, 3.8) is 0 Å². The van der Waals surface area contributed by atoms with Gasteiger partial charge in [-0.15, -0.1) is 0 Å².